The molecule has 2 nitrogen and oxygen atoms in total. The number of benzene rings is 1. The van der Waals surface area contributed by atoms with Crippen LogP contribution in [0.2, 0.25) is 5.02 Å². The normalized spacial score (nSPS) is 20.2. The SMILES string of the molecule is CCCNCC1CCCN(Cc2ccc(Br)cc2Cl)C1. The van der Waals surface area contributed by atoms with E-state index in [0.717, 1.165) is 35.0 Å². The molecule has 1 saturated heterocycles. The number of nitrogens with zero attached hydrogens (tertiary/aromatic N) is 1. The van der Waals surface area contributed by atoms with Crippen molar-refractivity contribution >= 4 is 27.5 Å². The lowest BCUT2D eigenvalue weighted by molar-refractivity contribution is 0.165. The number of hydrogen-bond donors (Lipinski definition) is 1. The van der Waals surface area contributed by atoms with Crippen molar-refractivity contribution in [2.75, 3.05) is 26.2 Å². The molecule has 1 heterocycles. The highest BCUT2D eigenvalue weighted by atomic mass is 79.9. The maximum Gasteiger partial charge on any atom is 0.0462 e. The third-order valence-electron chi connectivity index (χ3n) is 3.87. The number of halogens is 2. The summed E-state index contributed by atoms with van der Waals surface area (Å²) in [6.07, 6.45) is 3.86. The van der Waals surface area contributed by atoms with Crippen molar-refractivity contribution in [2.24, 2.45) is 5.92 Å². The second kappa shape index (κ2) is 8.38. The van der Waals surface area contributed by atoms with Crippen molar-refractivity contribution in [3.63, 3.8) is 0 Å². The van der Waals surface area contributed by atoms with Crippen molar-refractivity contribution in [1.82, 2.24) is 10.2 Å². The van der Waals surface area contributed by atoms with Gasteiger partial charge in [-0.05, 0) is 62.5 Å². The molecule has 1 atom stereocenters. The van der Waals surface area contributed by atoms with Gasteiger partial charge in [0.15, 0.2) is 0 Å². The van der Waals surface area contributed by atoms with E-state index in [9.17, 15) is 0 Å². The minimum absolute atomic E-state index is 0.782. The Hall–Kier alpha value is -0.0900. The van der Waals surface area contributed by atoms with Crippen LogP contribution in [0.25, 0.3) is 0 Å². The molecule has 1 aliphatic heterocycles. The summed E-state index contributed by atoms with van der Waals surface area (Å²) in [4.78, 5) is 2.54. The van der Waals surface area contributed by atoms with E-state index in [2.05, 4.69) is 45.2 Å². The molecule has 0 spiro atoms. The monoisotopic (exact) mass is 358 g/mol. The molecule has 0 aliphatic carbocycles. The molecule has 1 fully saturated rings. The van der Waals surface area contributed by atoms with E-state index >= 15 is 0 Å². The molecule has 1 aromatic rings. The van der Waals surface area contributed by atoms with Crippen LogP contribution in [0.1, 0.15) is 31.7 Å². The zero-order chi connectivity index (χ0) is 14.4. The fourth-order valence-electron chi connectivity index (χ4n) is 2.84. The van der Waals surface area contributed by atoms with E-state index in [4.69, 9.17) is 11.6 Å². The largest absolute Gasteiger partial charge is 0.316 e. The predicted octanol–water partition coefficient (Wildman–Crippen LogP) is 4.31. The van der Waals surface area contributed by atoms with E-state index < -0.39 is 0 Å². The number of likely N-dealkylation sites (tertiary alicyclic amines) is 1. The minimum Gasteiger partial charge on any atom is -0.316 e. The summed E-state index contributed by atoms with van der Waals surface area (Å²) in [5.74, 6) is 0.782. The molecule has 112 valence electrons. The van der Waals surface area contributed by atoms with Crippen molar-refractivity contribution in [2.45, 2.75) is 32.7 Å². The average molecular weight is 360 g/mol. The maximum absolute atomic E-state index is 6.32. The first-order valence-electron chi connectivity index (χ1n) is 7.56. The highest BCUT2D eigenvalue weighted by Gasteiger charge is 2.20. The first-order chi connectivity index (χ1) is 9.69. The highest BCUT2D eigenvalue weighted by Crippen LogP contribution is 2.24. The van der Waals surface area contributed by atoms with Crippen molar-refractivity contribution in [3.8, 4) is 0 Å². The van der Waals surface area contributed by atoms with Crippen molar-refractivity contribution < 1.29 is 0 Å². The Balaban J connectivity index is 1.86. The summed E-state index contributed by atoms with van der Waals surface area (Å²) in [6, 6.07) is 6.19. The van der Waals surface area contributed by atoms with Gasteiger partial charge in [-0.1, -0.05) is 40.5 Å². The molecule has 0 bridgehead atoms. The van der Waals surface area contributed by atoms with Gasteiger partial charge in [0.25, 0.3) is 0 Å². The van der Waals surface area contributed by atoms with Gasteiger partial charge < -0.3 is 5.32 Å². The summed E-state index contributed by atoms with van der Waals surface area (Å²) in [5.41, 5.74) is 1.23. The van der Waals surface area contributed by atoms with Crippen LogP contribution < -0.4 is 5.32 Å². The molecule has 1 aliphatic rings. The lowest BCUT2D eigenvalue weighted by atomic mass is 9.97. The molecular weight excluding hydrogens is 336 g/mol. The first-order valence-corrected chi connectivity index (χ1v) is 8.73. The fraction of sp³-hybridized carbons (Fsp3) is 0.625. The highest BCUT2D eigenvalue weighted by molar-refractivity contribution is 9.10. The molecule has 1 unspecified atom stereocenters. The molecule has 1 N–H and O–H groups in total. The Kier molecular flexibility index (Phi) is 6.82. The van der Waals surface area contributed by atoms with Crippen LogP contribution >= 0.6 is 27.5 Å². The zero-order valence-corrected chi connectivity index (χ0v) is 14.5. The molecule has 0 radical (unpaired) electrons. The van der Waals surface area contributed by atoms with Gasteiger partial charge >= 0.3 is 0 Å². The van der Waals surface area contributed by atoms with Crippen LogP contribution in [0.3, 0.4) is 0 Å². The average Bonchev–Trinajstić information content (AvgIpc) is 2.43. The fourth-order valence-corrected chi connectivity index (χ4v) is 3.57. The topological polar surface area (TPSA) is 15.3 Å². The molecule has 0 aromatic heterocycles. The van der Waals surface area contributed by atoms with E-state index in [0.29, 0.717) is 0 Å². The second-order valence-corrected chi connectivity index (χ2v) is 7.01. The lowest BCUT2D eigenvalue weighted by Crippen LogP contribution is -2.39. The summed E-state index contributed by atoms with van der Waals surface area (Å²) < 4.78 is 1.05. The number of piperidine rings is 1. The van der Waals surface area contributed by atoms with Gasteiger partial charge in [0.05, 0.1) is 0 Å². The van der Waals surface area contributed by atoms with Crippen molar-refractivity contribution in [1.29, 1.82) is 0 Å². The minimum atomic E-state index is 0.782. The Labute approximate surface area is 136 Å². The Bertz CT molecular complexity index is 425. The standard InChI is InChI=1S/C16H24BrClN2/c1-2-7-19-10-13-4-3-8-20(11-13)12-14-5-6-15(17)9-16(14)18/h5-6,9,13,19H,2-4,7-8,10-12H2,1H3. The predicted molar refractivity (Wildman–Crippen MR) is 90.3 cm³/mol. The number of rotatable bonds is 6. The van der Waals surface area contributed by atoms with E-state index in [1.165, 1.54) is 37.9 Å². The van der Waals surface area contributed by atoms with Crippen LogP contribution in [0.4, 0.5) is 0 Å². The first kappa shape index (κ1) is 16.3. The third kappa shape index (κ3) is 5.03. The molecule has 0 saturated carbocycles. The summed E-state index contributed by atoms with van der Waals surface area (Å²) >= 11 is 9.78. The van der Waals surface area contributed by atoms with Gasteiger partial charge in [0.2, 0.25) is 0 Å². The third-order valence-corrected chi connectivity index (χ3v) is 4.72. The van der Waals surface area contributed by atoms with Gasteiger partial charge in [-0.15, -0.1) is 0 Å². The molecule has 1 aromatic carbocycles. The van der Waals surface area contributed by atoms with Crippen LogP contribution in [0.15, 0.2) is 22.7 Å². The van der Waals surface area contributed by atoms with Crippen LogP contribution in [0, 0.1) is 5.92 Å². The number of nitrogens with one attached hydrogen (secondary N) is 1. The maximum atomic E-state index is 6.32. The molecule has 2 rings (SSSR count). The van der Waals surface area contributed by atoms with E-state index in [1.54, 1.807) is 0 Å². The summed E-state index contributed by atoms with van der Waals surface area (Å²) in [5, 5.41) is 4.42. The molecule has 20 heavy (non-hydrogen) atoms. The Morgan fingerprint density at radius 3 is 3.05 bits per heavy atom. The second-order valence-electron chi connectivity index (χ2n) is 5.68. The van der Waals surface area contributed by atoms with Gasteiger partial charge in [-0.3, -0.25) is 4.90 Å². The van der Waals surface area contributed by atoms with E-state index in [1.807, 2.05) is 6.07 Å². The van der Waals surface area contributed by atoms with Crippen LogP contribution in [-0.2, 0) is 6.54 Å². The van der Waals surface area contributed by atoms with Crippen molar-refractivity contribution in [3.05, 3.63) is 33.3 Å². The molecule has 0 amide bonds. The van der Waals surface area contributed by atoms with Gasteiger partial charge in [0.1, 0.15) is 0 Å². The van der Waals surface area contributed by atoms with E-state index in [-0.39, 0.29) is 0 Å². The quantitative estimate of drug-likeness (QED) is 0.761. The van der Waals surface area contributed by atoms with Gasteiger partial charge in [-0.2, -0.15) is 0 Å². The zero-order valence-electron chi connectivity index (χ0n) is 12.2. The molecule has 4 heteroatoms. The lowest BCUT2D eigenvalue weighted by Gasteiger charge is -2.33. The van der Waals surface area contributed by atoms with Crippen LogP contribution in [-0.4, -0.2) is 31.1 Å². The smallest absolute Gasteiger partial charge is 0.0462 e. The molecular formula is C16H24BrClN2. The van der Waals surface area contributed by atoms with Gasteiger partial charge in [-0.25, -0.2) is 0 Å². The summed E-state index contributed by atoms with van der Waals surface area (Å²) in [6.45, 7) is 7.85. The Morgan fingerprint density at radius 1 is 1.45 bits per heavy atom. The van der Waals surface area contributed by atoms with Gasteiger partial charge in [0, 0.05) is 22.6 Å². The number of hydrogen-bond acceptors (Lipinski definition) is 2. The Morgan fingerprint density at radius 2 is 2.30 bits per heavy atom. The van der Waals surface area contributed by atoms with Crippen LogP contribution in [0.5, 0.6) is 0 Å². The summed E-state index contributed by atoms with van der Waals surface area (Å²) in [7, 11) is 0.